The van der Waals surface area contributed by atoms with Crippen LogP contribution in [0.15, 0.2) is 0 Å². The van der Waals surface area contributed by atoms with Crippen molar-refractivity contribution in [2.24, 2.45) is 0 Å². The molecule has 0 aromatic carbocycles. The fourth-order valence-corrected chi connectivity index (χ4v) is 0. The standard InChI is InChI=1S/C4H12N.12BO3.FH/c1-5(2,3)4;12*2-1(3)4;/h1-4H3;;;;;;;;;;;;;1H/q+1;12*-3;. The van der Waals surface area contributed by atoms with Crippen molar-refractivity contribution in [1.29, 1.82) is 0 Å². The summed E-state index contributed by atoms with van der Waals surface area (Å²) < 4.78 is 1.00. The number of hydrogen-bond donors (Lipinski definition) is 0. The molecule has 54 heavy (non-hydrogen) atoms. The molecule has 0 amide bonds. The molecule has 0 saturated heterocycles. The Balaban J connectivity index is -0.0000000267. The SMILES string of the molecule is C[N+](C)(C)C.F.[O-]B([O-])[O-].[O-]B([O-])[O-].[O-]B([O-])[O-].[O-]B([O-])[O-].[O-]B([O-])[O-].[O-]B([O-])[O-].[O-]B([O-])[O-].[O-]B([O-])[O-].[O-]B([O-])[O-].[O-]B([O-])[O-].[O-]B([O-])[O-].[O-]B([O-])[O-]. The van der Waals surface area contributed by atoms with Crippen LogP contribution in [0.1, 0.15) is 0 Å². The molecule has 0 aliphatic carbocycles. The molecule has 328 valence electrons. The van der Waals surface area contributed by atoms with Gasteiger partial charge in [-0.1, -0.05) is 0 Å². The lowest BCUT2D eigenvalue weighted by Crippen LogP contribution is -2.56. The molecule has 0 fully saturated rings. The first kappa shape index (κ1) is 94.4. The van der Waals surface area contributed by atoms with Gasteiger partial charge < -0.3 is 185 Å². The van der Waals surface area contributed by atoms with Crippen LogP contribution < -0.4 is 181 Å². The van der Waals surface area contributed by atoms with Crippen molar-refractivity contribution in [1.82, 2.24) is 0 Å². The molecule has 0 unspecified atom stereocenters. The van der Waals surface area contributed by atoms with Crippen molar-refractivity contribution in [3.8, 4) is 0 Å². The second-order valence-electron chi connectivity index (χ2n) is 6.15. The van der Waals surface area contributed by atoms with Crippen molar-refractivity contribution < 1.29 is 190 Å². The van der Waals surface area contributed by atoms with Gasteiger partial charge in [0.15, 0.2) is 0 Å². The molecule has 0 N–H and O–H groups in total. The number of rotatable bonds is 0. The van der Waals surface area contributed by atoms with Gasteiger partial charge in [0.25, 0.3) is 0 Å². The third-order valence-electron chi connectivity index (χ3n) is 0. The first-order valence-corrected chi connectivity index (χ1v) is 10.3. The minimum absolute atomic E-state index is 0. The van der Waals surface area contributed by atoms with E-state index < -0.39 is 87.9 Å². The predicted octanol–water partition coefficient (Wildman–Crippen LogP) is -46.9. The van der Waals surface area contributed by atoms with E-state index >= 15 is 0 Å². The molecule has 0 aromatic heterocycles. The van der Waals surface area contributed by atoms with E-state index in [1.165, 1.54) is 0 Å². The van der Waals surface area contributed by atoms with Gasteiger partial charge in [-0.2, -0.15) is 0 Å². The minimum Gasteiger partial charge on any atom is -0.907 e. The summed E-state index contributed by atoms with van der Waals surface area (Å²) in [6.07, 6.45) is 0. The smallest absolute Gasteiger partial charge is 0.0675 e. The van der Waals surface area contributed by atoms with Gasteiger partial charge in [-0.15, -0.1) is 0 Å². The molecule has 0 spiro atoms. The van der Waals surface area contributed by atoms with Crippen LogP contribution in [0, 0.1) is 0 Å². The van der Waals surface area contributed by atoms with Crippen molar-refractivity contribution >= 4 is 87.9 Å². The first-order valence-electron chi connectivity index (χ1n) is 10.3. The van der Waals surface area contributed by atoms with E-state index in [0.717, 1.165) is 4.48 Å². The Bertz CT molecular complexity index is 325. The number of nitrogens with zero attached hydrogens (tertiary/aromatic N) is 1. The Kier molecular flexibility index (Phi) is 141. The maximum atomic E-state index is 8.42. The molecule has 0 aliphatic rings. The lowest BCUT2D eigenvalue weighted by Gasteiger charge is -2.35. The van der Waals surface area contributed by atoms with Gasteiger partial charge in [0, 0.05) is 0 Å². The summed E-state index contributed by atoms with van der Waals surface area (Å²) in [7, 11) is -26.5. The quantitative estimate of drug-likeness (QED) is 0.162. The van der Waals surface area contributed by atoms with Gasteiger partial charge in [-0.25, -0.2) is 0 Å². The van der Waals surface area contributed by atoms with Crippen LogP contribution in [-0.2, 0) is 0 Å². The summed E-state index contributed by atoms with van der Waals surface area (Å²) in [5, 5.41) is 303. The van der Waals surface area contributed by atoms with Crippen LogP contribution in [0.4, 0.5) is 4.70 Å². The fraction of sp³-hybridized carbons (Fsp3) is 1.00. The van der Waals surface area contributed by atoms with E-state index in [9.17, 15) is 0 Å². The lowest BCUT2D eigenvalue weighted by molar-refractivity contribution is -0.849. The van der Waals surface area contributed by atoms with Crippen LogP contribution in [0.25, 0.3) is 0 Å². The van der Waals surface area contributed by atoms with Crippen molar-refractivity contribution in [2.75, 3.05) is 28.2 Å². The summed E-state index contributed by atoms with van der Waals surface area (Å²) >= 11 is 0. The molecule has 0 aliphatic heterocycles. The second kappa shape index (κ2) is 80.6. The van der Waals surface area contributed by atoms with Gasteiger partial charge in [-0.05, 0) is 0 Å². The highest BCUT2D eigenvalue weighted by molar-refractivity contribution is 6.26. The molecule has 0 atom stereocenters. The summed E-state index contributed by atoms with van der Waals surface area (Å²) in [6, 6.07) is 0. The number of quaternary nitrogens is 1. The first-order chi connectivity index (χ1) is 22.8. The molecule has 0 saturated carbocycles. The average Bonchev–Trinajstić information content (AvgIpc) is 2.66. The molecule has 37 nitrogen and oxygen atoms in total. The van der Waals surface area contributed by atoms with Crippen LogP contribution in [0.2, 0.25) is 0 Å². The minimum atomic E-state index is -2.92. The van der Waals surface area contributed by atoms with E-state index in [1.807, 2.05) is 0 Å². The maximum Gasteiger partial charge on any atom is 0.0675 e. The molecule has 50 heteroatoms. The molecule has 0 heterocycles. The summed E-state index contributed by atoms with van der Waals surface area (Å²) in [6.45, 7) is 0. The Morgan fingerprint density at radius 1 is 0.167 bits per heavy atom. The summed E-state index contributed by atoms with van der Waals surface area (Å²) in [5.74, 6) is 0. The number of halogens is 1. The van der Waals surface area contributed by atoms with Crippen LogP contribution in [-0.4, -0.2) is 121 Å². The van der Waals surface area contributed by atoms with Gasteiger partial charge in [-0.3, -0.25) is 92.6 Å². The molecule has 0 radical (unpaired) electrons. The fourth-order valence-electron chi connectivity index (χ4n) is 0. The highest BCUT2D eigenvalue weighted by Crippen LogP contribution is 1.73. The lowest BCUT2D eigenvalue weighted by atomic mass is 10.3. The maximum absolute atomic E-state index is 8.42. The largest absolute Gasteiger partial charge is 0.907 e. The number of hydrogen-bond acceptors (Lipinski definition) is 36. The predicted molar refractivity (Wildman–Crippen MR) is 95.5 cm³/mol. The van der Waals surface area contributed by atoms with E-state index in [2.05, 4.69) is 28.2 Å². The third kappa shape index (κ3) is 218000. The Labute approximate surface area is 306 Å². The average molecular weight is 800 g/mol. The van der Waals surface area contributed by atoms with Crippen LogP contribution in [0.3, 0.4) is 0 Å². The molecular weight excluding hydrogens is 787 g/mol. The van der Waals surface area contributed by atoms with Gasteiger partial charge in [0.2, 0.25) is 0 Å². The van der Waals surface area contributed by atoms with Crippen molar-refractivity contribution in [2.45, 2.75) is 0 Å². The van der Waals surface area contributed by atoms with Crippen molar-refractivity contribution in [3.63, 3.8) is 0 Å². The monoisotopic (exact) mass is 802 g/mol. The normalized spacial score (nSPS) is 7.11. The molecule has 0 bridgehead atoms. The van der Waals surface area contributed by atoms with Crippen molar-refractivity contribution in [3.05, 3.63) is 0 Å². The van der Waals surface area contributed by atoms with Gasteiger partial charge in [0.1, 0.15) is 0 Å². The third-order valence-corrected chi connectivity index (χ3v) is 0. The Morgan fingerprint density at radius 3 is 0.167 bits per heavy atom. The summed E-state index contributed by atoms with van der Waals surface area (Å²) in [4.78, 5) is 0. The zero-order valence-corrected chi connectivity index (χ0v) is 26.5. The second-order valence-corrected chi connectivity index (χ2v) is 6.15. The van der Waals surface area contributed by atoms with E-state index in [-0.39, 0.29) is 4.70 Å². The molecule has 0 aromatic rings. The molecular formula is C4H13B12FNO36-35. The van der Waals surface area contributed by atoms with Gasteiger partial charge in [0.05, 0.1) is 28.2 Å². The van der Waals surface area contributed by atoms with Crippen LogP contribution in [0.5, 0.6) is 0 Å². The van der Waals surface area contributed by atoms with E-state index in [1.54, 1.807) is 0 Å². The molecule has 0 rings (SSSR count). The topological polar surface area (TPSA) is 830 Å². The van der Waals surface area contributed by atoms with E-state index in [0.29, 0.717) is 0 Å². The van der Waals surface area contributed by atoms with Crippen LogP contribution >= 0.6 is 0 Å². The zero-order valence-electron chi connectivity index (χ0n) is 26.5. The highest BCUT2D eigenvalue weighted by Gasteiger charge is 1.88. The highest BCUT2D eigenvalue weighted by atomic mass is 19.0. The summed E-state index contributed by atoms with van der Waals surface area (Å²) in [5.41, 5.74) is 0. The van der Waals surface area contributed by atoms with Gasteiger partial charge >= 0.3 is 0 Å². The zero-order chi connectivity index (χ0) is 47.4. The Morgan fingerprint density at radius 2 is 0.167 bits per heavy atom. The van der Waals surface area contributed by atoms with E-state index in [4.69, 9.17) is 181 Å². The Hall–Kier alpha value is -0.771.